The number of ether oxygens (including phenoxy) is 1. The third-order valence-electron chi connectivity index (χ3n) is 2.37. The highest BCUT2D eigenvalue weighted by Gasteiger charge is 2.30. The Morgan fingerprint density at radius 2 is 2.09 bits per heavy atom. The van der Waals surface area contributed by atoms with E-state index < -0.39 is 6.36 Å². The van der Waals surface area contributed by atoms with Crippen LogP contribution in [0.2, 0.25) is 0 Å². The predicted octanol–water partition coefficient (Wildman–Crippen LogP) is 3.41. The van der Waals surface area contributed by atoms with Gasteiger partial charge in [-0.25, -0.2) is 4.98 Å². The van der Waals surface area contributed by atoms with Crippen molar-refractivity contribution >= 4 is 22.4 Å². The molecule has 5 nitrogen and oxygen atoms in total. The molecule has 0 aliphatic carbocycles. The quantitative estimate of drug-likeness (QED) is 0.773. The van der Waals surface area contributed by atoms with Gasteiger partial charge in [0.15, 0.2) is 5.13 Å². The Labute approximate surface area is 136 Å². The highest BCUT2D eigenvalue weighted by molar-refractivity contribution is 7.13. The van der Waals surface area contributed by atoms with Crippen molar-refractivity contribution in [1.29, 1.82) is 0 Å². The monoisotopic (exact) mass is 349 g/mol. The first-order chi connectivity index (χ1) is 10.8. The lowest BCUT2D eigenvalue weighted by molar-refractivity contribution is -0.274. The number of nitrogens with zero attached hydrogens (tertiary/aromatic N) is 1. The average molecular weight is 349 g/mol. The van der Waals surface area contributed by atoms with Crippen LogP contribution in [0.15, 0.2) is 23.6 Å². The van der Waals surface area contributed by atoms with Gasteiger partial charge in [-0.1, -0.05) is 6.92 Å². The minimum Gasteiger partial charge on any atom is -0.406 e. The van der Waals surface area contributed by atoms with E-state index in [4.69, 9.17) is 0 Å². The van der Waals surface area contributed by atoms with E-state index in [0.717, 1.165) is 29.9 Å². The van der Waals surface area contributed by atoms with Gasteiger partial charge < -0.3 is 15.4 Å². The van der Waals surface area contributed by atoms with E-state index in [1.165, 1.54) is 11.4 Å². The van der Waals surface area contributed by atoms with Crippen LogP contribution in [0.4, 0.5) is 18.3 Å². The summed E-state index contributed by atoms with van der Waals surface area (Å²) in [6, 6.07) is 3.69. The first-order valence-corrected chi connectivity index (χ1v) is 7.75. The molecule has 2 N–H and O–H groups in total. The van der Waals surface area contributed by atoms with Gasteiger partial charge in [-0.2, -0.15) is 0 Å². The fourth-order valence-electron chi connectivity index (χ4n) is 1.45. The average Bonchev–Trinajstić information content (AvgIpc) is 2.50. The maximum absolute atomic E-state index is 12.3. The molecule has 1 aromatic heterocycles. The molecule has 0 aliphatic heterocycles. The van der Waals surface area contributed by atoms with E-state index in [9.17, 15) is 18.0 Å². The number of hydrogen-bond acceptors (Lipinski definition) is 5. The van der Waals surface area contributed by atoms with Crippen molar-refractivity contribution in [3.63, 3.8) is 0 Å². The first kappa shape index (κ1) is 19.2. The minimum absolute atomic E-state index is 0.139. The Morgan fingerprint density at radius 3 is 2.74 bits per heavy atom. The van der Waals surface area contributed by atoms with E-state index >= 15 is 0 Å². The van der Waals surface area contributed by atoms with Crippen molar-refractivity contribution in [3.05, 3.63) is 29.3 Å². The highest BCUT2D eigenvalue weighted by atomic mass is 32.1. The van der Waals surface area contributed by atoms with E-state index in [-0.39, 0.29) is 23.3 Å². The van der Waals surface area contributed by atoms with Gasteiger partial charge in [-0.05, 0) is 43.5 Å². The lowest BCUT2D eigenvalue weighted by atomic mass is 10.4. The Hall–Kier alpha value is -1.87. The van der Waals surface area contributed by atoms with Crippen LogP contribution in [-0.2, 0) is 4.79 Å². The van der Waals surface area contributed by atoms with E-state index in [2.05, 4.69) is 20.4 Å². The SMILES string of the molecule is CCCNCC(=O)Nc1nc(C)ccc(OC(F)(F)F)ccs1. The lowest BCUT2D eigenvalue weighted by Crippen LogP contribution is -2.28. The van der Waals surface area contributed by atoms with E-state index in [1.54, 1.807) is 6.92 Å². The molecule has 0 unspecified atom stereocenters. The second-order valence-corrected chi connectivity index (χ2v) is 5.38. The topological polar surface area (TPSA) is 63.2 Å². The zero-order chi connectivity index (χ0) is 17.3. The van der Waals surface area contributed by atoms with Crippen LogP contribution in [0.5, 0.6) is 5.75 Å². The minimum atomic E-state index is -4.76. The summed E-state index contributed by atoms with van der Waals surface area (Å²) in [7, 11) is 0. The molecule has 23 heavy (non-hydrogen) atoms. The van der Waals surface area contributed by atoms with Crippen LogP contribution in [0.1, 0.15) is 19.0 Å². The number of carbonyl (C=O) groups excluding carboxylic acids is 1. The number of nitrogens with one attached hydrogen (secondary N) is 2. The first-order valence-electron chi connectivity index (χ1n) is 6.87. The molecule has 128 valence electrons. The number of aryl methyl sites for hydroxylation is 1. The highest BCUT2D eigenvalue weighted by Crippen LogP contribution is 2.22. The van der Waals surface area contributed by atoms with Crippen molar-refractivity contribution < 1.29 is 22.7 Å². The summed E-state index contributed by atoms with van der Waals surface area (Å²) >= 11 is 0.992. The van der Waals surface area contributed by atoms with Crippen LogP contribution >= 0.6 is 11.3 Å². The molecule has 0 aliphatic rings. The second-order valence-electron chi connectivity index (χ2n) is 4.49. The van der Waals surface area contributed by atoms with Gasteiger partial charge in [0.25, 0.3) is 0 Å². The van der Waals surface area contributed by atoms with Crippen LogP contribution in [-0.4, -0.2) is 30.3 Å². The van der Waals surface area contributed by atoms with Gasteiger partial charge in [0.2, 0.25) is 5.91 Å². The molecular weight excluding hydrogens is 331 g/mol. The fraction of sp³-hybridized carbons (Fsp3) is 0.429. The van der Waals surface area contributed by atoms with Gasteiger partial charge in [0, 0.05) is 5.69 Å². The number of anilines is 1. The van der Waals surface area contributed by atoms with Crippen molar-refractivity contribution in [1.82, 2.24) is 10.3 Å². The number of rotatable bonds is 6. The van der Waals surface area contributed by atoms with E-state index in [0.29, 0.717) is 12.2 Å². The maximum Gasteiger partial charge on any atom is 0.573 e. The molecule has 0 atom stereocenters. The summed E-state index contributed by atoms with van der Waals surface area (Å²) in [5.41, 5.74) is 0.432. The predicted molar refractivity (Wildman–Crippen MR) is 83.0 cm³/mol. The number of halogens is 3. The number of amides is 1. The smallest absolute Gasteiger partial charge is 0.406 e. The third kappa shape index (κ3) is 8.99. The van der Waals surface area contributed by atoms with Gasteiger partial charge in [0.05, 0.1) is 6.54 Å². The molecule has 0 aromatic carbocycles. The van der Waals surface area contributed by atoms with Crippen molar-refractivity contribution in [2.24, 2.45) is 0 Å². The lowest BCUT2D eigenvalue weighted by Gasteiger charge is -2.06. The molecule has 9 heteroatoms. The molecule has 0 radical (unpaired) electrons. The zero-order valence-corrected chi connectivity index (χ0v) is 13.6. The molecule has 1 heterocycles. The van der Waals surface area contributed by atoms with Crippen LogP contribution in [0.3, 0.4) is 0 Å². The van der Waals surface area contributed by atoms with Gasteiger partial charge in [-0.15, -0.1) is 24.5 Å². The summed E-state index contributed by atoms with van der Waals surface area (Å²) in [6.07, 6.45) is -3.86. The fourth-order valence-corrected chi connectivity index (χ4v) is 2.15. The van der Waals surface area contributed by atoms with Gasteiger partial charge >= 0.3 is 6.36 Å². The molecular formula is C14H18F3N3O2S. The largest absolute Gasteiger partial charge is 0.573 e. The summed E-state index contributed by atoms with van der Waals surface area (Å²) in [6.45, 7) is 4.44. The Kier molecular flexibility index (Phi) is 7.76. The molecule has 1 aromatic rings. The molecule has 0 saturated carbocycles. The van der Waals surface area contributed by atoms with Crippen LogP contribution in [0, 0.1) is 6.92 Å². The van der Waals surface area contributed by atoms with Crippen molar-refractivity contribution in [2.45, 2.75) is 26.6 Å². The Morgan fingerprint density at radius 1 is 1.35 bits per heavy atom. The number of carbonyl (C=O) groups is 1. The summed E-state index contributed by atoms with van der Waals surface area (Å²) < 4.78 is 40.6. The number of aromatic nitrogens is 1. The molecule has 1 rings (SSSR count). The second kappa shape index (κ2) is 9.31. The van der Waals surface area contributed by atoms with Crippen LogP contribution < -0.4 is 15.4 Å². The Bertz CT molecular complexity index is 575. The standard InChI is InChI=1S/C14H18F3N3O2S/c1-3-7-18-9-12(21)20-13-19-10(2)4-5-11(6-8-23-13)22-14(15,16)17/h4-6,8,18H,3,7,9H2,1-2H3,(H,19,20,21). The molecule has 0 spiro atoms. The van der Waals surface area contributed by atoms with Gasteiger partial charge in [0.1, 0.15) is 5.75 Å². The van der Waals surface area contributed by atoms with Crippen LogP contribution in [0.25, 0.3) is 0 Å². The third-order valence-corrected chi connectivity index (χ3v) is 3.06. The summed E-state index contributed by atoms with van der Waals surface area (Å²) in [4.78, 5) is 15.9. The normalized spacial score (nSPS) is 10.8. The number of hydrogen-bond donors (Lipinski definition) is 2. The molecule has 1 amide bonds. The van der Waals surface area contributed by atoms with Crippen molar-refractivity contribution in [3.8, 4) is 5.75 Å². The Balaban J connectivity index is 2.90. The molecule has 0 fully saturated rings. The molecule has 0 saturated heterocycles. The maximum atomic E-state index is 12.3. The van der Waals surface area contributed by atoms with E-state index in [1.807, 2.05) is 6.92 Å². The van der Waals surface area contributed by atoms with Gasteiger partial charge in [-0.3, -0.25) is 4.79 Å². The van der Waals surface area contributed by atoms with Crippen molar-refractivity contribution in [2.75, 3.05) is 18.4 Å². The molecule has 0 bridgehead atoms. The summed E-state index contributed by atoms with van der Waals surface area (Å²) in [5, 5.41) is 7.19. The zero-order valence-electron chi connectivity index (χ0n) is 12.7. The number of alkyl halides is 3. The summed E-state index contributed by atoms with van der Waals surface area (Å²) in [5.74, 6) is -0.637.